The molecular formula is C20H20N2O3. The van der Waals surface area contributed by atoms with Gasteiger partial charge < -0.3 is 9.64 Å². The maximum atomic E-state index is 13.3. The summed E-state index contributed by atoms with van der Waals surface area (Å²) < 4.78 is 5.21. The molecule has 0 saturated heterocycles. The lowest BCUT2D eigenvalue weighted by molar-refractivity contribution is -0.135. The predicted molar refractivity (Wildman–Crippen MR) is 92.9 cm³/mol. The number of carbonyl (C=O) groups is 2. The molecule has 1 aromatic rings. The number of methoxy groups -OCH3 is 1. The van der Waals surface area contributed by atoms with E-state index in [1.165, 1.54) is 6.08 Å². The summed E-state index contributed by atoms with van der Waals surface area (Å²) >= 11 is 0. The van der Waals surface area contributed by atoms with Crippen LogP contribution in [-0.4, -0.2) is 37.3 Å². The summed E-state index contributed by atoms with van der Waals surface area (Å²) in [4.78, 5) is 27.6. The van der Waals surface area contributed by atoms with Crippen LogP contribution in [0, 0.1) is 16.7 Å². The molecule has 1 aromatic carbocycles. The summed E-state index contributed by atoms with van der Waals surface area (Å²) in [5.41, 5.74) is -0.568. The Hall–Kier alpha value is -2.87. The van der Waals surface area contributed by atoms with E-state index in [1.54, 1.807) is 45.0 Å². The number of Topliss-reactive ketones (excluding diaryl/α,β-unsaturated/α-hetero) is 1. The first-order chi connectivity index (χ1) is 11.8. The fraction of sp³-hybridized carbons (Fsp3) is 0.350. The number of fused-ring (bicyclic) bond motifs is 1. The van der Waals surface area contributed by atoms with Crippen LogP contribution in [0.3, 0.4) is 0 Å². The lowest BCUT2D eigenvalue weighted by Crippen LogP contribution is -2.55. The SMILES string of the molecule is COc1ccc([C@]23C=C(C#N)C(=O)C(C)(C)C2=CCN(C)C3=O)cc1. The van der Waals surface area contributed by atoms with Crippen molar-refractivity contribution in [2.24, 2.45) is 5.41 Å². The van der Waals surface area contributed by atoms with Crippen LogP contribution >= 0.6 is 0 Å². The molecule has 1 aliphatic heterocycles. The van der Waals surface area contributed by atoms with E-state index < -0.39 is 10.8 Å². The summed E-state index contributed by atoms with van der Waals surface area (Å²) in [6.45, 7) is 4.00. The van der Waals surface area contributed by atoms with E-state index >= 15 is 0 Å². The van der Waals surface area contributed by atoms with Gasteiger partial charge in [0, 0.05) is 13.6 Å². The molecule has 0 bridgehead atoms. The number of rotatable bonds is 2. The molecule has 5 nitrogen and oxygen atoms in total. The van der Waals surface area contributed by atoms with Crippen molar-refractivity contribution in [1.29, 1.82) is 5.26 Å². The molecule has 1 heterocycles. The van der Waals surface area contributed by atoms with Crippen LogP contribution in [0.2, 0.25) is 0 Å². The van der Waals surface area contributed by atoms with Gasteiger partial charge in [-0.3, -0.25) is 9.59 Å². The summed E-state index contributed by atoms with van der Waals surface area (Å²) in [6.07, 6.45) is 3.47. The number of amides is 1. The quantitative estimate of drug-likeness (QED) is 0.778. The molecule has 1 aliphatic carbocycles. The van der Waals surface area contributed by atoms with Gasteiger partial charge in [-0.05, 0) is 43.2 Å². The highest BCUT2D eigenvalue weighted by Crippen LogP contribution is 2.51. The molecule has 0 aromatic heterocycles. The van der Waals surface area contributed by atoms with Gasteiger partial charge in [-0.25, -0.2) is 0 Å². The molecule has 0 N–H and O–H groups in total. The number of nitrogens with zero attached hydrogens (tertiary/aromatic N) is 2. The second-order valence-corrected chi connectivity index (χ2v) is 6.96. The fourth-order valence-corrected chi connectivity index (χ4v) is 3.82. The van der Waals surface area contributed by atoms with Gasteiger partial charge in [-0.15, -0.1) is 0 Å². The third-order valence-electron chi connectivity index (χ3n) is 5.19. The zero-order valence-corrected chi connectivity index (χ0v) is 14.8. The largest absolute Gasteiger partial charge is 0.497 e. The van der Waals surface area contributed by atoms with Crippen LogP contribution in [0.15, 0.2) is 47.6 Å². The molecule has 5 heteroatoms. The number of hydrogen-bond donors (Lipinski definition) is 0. The van der Waals surface area contributed by atoms with Crippen LogP contribution in [0.4, 0.5) is 0 Å². The molecule has 0 spiro atoms. The second kappa shape index (κ2) is 5.59. The molecule has 0 fully saturated rings. The number of nitriles is 1. The maximum absolute atomic E-state index is 13.3. The molecule has 0 radical (unpaired) electrons. The third kappa shape index (κ3) is 2.21. The standard InChI is InChI=1S/C20H20N2O3/c1-19(2)16-9-10-22(3)18(24)20(16,11-13(12-21)17(19)23)14-5-7-15(25-4)8-6-14/h5-9,11H,10H2,1-4H3/t20-/m1/s1. The lowest BCUT2D eigenvalue weighted by atomic mass is 9.56. The van der Waals surface area contributed by atoms with E-state index in [4.69, 9.17) is 4.74 Å². The monoisotopic (exact) mass is 336 g/mol. The van der Waals surface area contributed by atoms with E-state index in [0.717, 1.165) is 11.1 Å². The molecule has 3 rings (SSSR count). The van der Waals surface area contributed by atoms with Gasteiger partial charge in [0.05, 0.1) is 18.1 Å². The topological polar surface area (TPSA) is 70.4 Å². The van der Waals surface area contributed by atoms with Crippen molar-refractivity contribution in [3.63, 3.8) is 0 Å². The number of likely N-dealkylation sites (N-methyl/N-ethyl adjacent to an activating group) is 1. The molecule has 0 unspecified atom stereocenters. The maximum Gasteiger partial charge on any atom is 0.241 e. The van der Waals surface area contributed by atoms with Crippen molar-refractivity contribution in [3.05, 3.63) is 53.1 Å². The Labute approximate surface area is 147 Å². The Morgan fingerprint density at radius 3 is 2.40 bits per heavy atom. The predicted octanol–water partition coefficient (Wildman–Crippen LogP) is 2.39. The van der Waals surface area contributed by atoms with Crippen LogP contribution in [0.1, 0.15) is 19.4 Å². The highest BCUT2D eigenvalue weighted by Gasteiger charge is 2.56. The Morgan fingerprint density at radius 1 is 1.20 bits per heavy atom. The normalized spacial score (nSPS) is 24.8. The molecular weight excluding hydrogens is 316 g/mol. The number of allylic oxidation sites excluding steroid dienone is 1. The highest BCUT2D eigenvalue weighted by atomic mass is 16.5. The van der Waals surface area contributed by atoms with Gasteiger partial charge in [-0.2, -0.15) is 5.26 Å². The van der Waals surface area contributed by atoms with Crippen molar-refractivity contribution >= 4 is 11.7 Å². The molecule has 0 saturated carbocycles. The number of ketones is 1. The smallest absolute Gasteiger partial charge is 0.241 e. The minimum absolute atomic E-state index is 0.0293. The minimum Gasteiger partial charge on any atom is -0.497 e. The first-order valence-corrected chi connectivity index (χ1v) is 8.08. The Kier molecular flexibility index (Phi) is 3.80. The average Bonchev–Trinajstić information content (AvgIpc) is 2.61. The van der Waals surface area contributed by atoms with E-state index in [0.29, 0.717) is 12.3 Å². The first kappa shape index (κ1) is 17.0. The van der Waals surface area contributed by atoms with E-state index in [2.05, 4.69) is 0 Å². The zero-order chi connectivity index (χ0) is 18.4. The van der Waals surface area contributed by atoms with Gasteiger partial charge >= 0.3 is 0 Å². The van der Waals surface area contributed by atoms with Crippen molar-refractivity contribution in [2.45, 2.75) is 19.3 Å². The van der Waals surface area contributed by atoms with Crippen molar-refractivity contribution in [2.75, 3.05) is 20.7 Å². The third-order valence-corrected chi connectivity index (χ3v) is 5.19. The van der Waals surface area contributed by atoms with Gasteiger partial charge in [0.25, 0.3) is 0 Å². The van der Waals surface area contributed by atoms with Crippen molar-refractivity contribution < 1.29 is 14.3 Å². The summed E-state index contributed by atoms with van der Waals surface area (Å²) in [5, 5.41) is 9.48. The van der Waals surface area contributed by atoms with E-state index in [9.17, 15) is 14.9 Å². The number of carbonyl (C=O) groups excluding carboxylic acids is 2. The molecule has 25 heavy (non-hydrogen) atoms. The summed E-state index contributed by atoms with van der Waals surface area (Å²) in [6, 6.07) is 9.19. The van der Waals surface area contributed by atoms with Gasteiger partial charge in [0.15, 0.2) is 5.78 Å². The summed E-state index contributed by atoms with van der Waals surface area (Å²) in [7, 11) is 3.30. The van der Waals surface area contributed by atoms with Crippen LogP contribution < -0.4 is 4.74 Å². The van der Waals surface area contributed by atoms with Gasteiger partial charge in [-0.1, -0.05) is 18.2 Å². The zero-order valence-electron chi connectivity index (χ0n) is 14.8. The number of hydrogen-bond acceptors (Lipinski definition) is 4. The average molecular weight is 336 g/mol. The highest BCUT2D eigenvalue weighted by molar-refractivity contribution is 6.11. The van der Waals surface area contributed by atoms with Crippen LogP contribution in [-0.2, 0) is 15.0 Å². The van der Waals surface area contributed by atoms with Crippen molar-refractivity contribution in [3.8, 4) is 11.8 Å². The second-order valence-electron chi connectivity index (χ2n) is 6.96. The van der Waals surface area contributed by atoms with Crippen LogP contribution in [0.25, 0.3) is 0 Å². The number of benzene rings is 1. The lowest BCUT2D eigenvalue weighted by Gasteiger charge is -2.47. The Balaban J connectivity index is 2.36. The van der Waals surface area contributed by atoms with E-state index in [1.807, 2.05) is 24.3 Å². The molecule has 1 amide bonds. The fourth-order valence-electron chi connectivity index (χ4n) is 3.82. The molecule has 1 atom stereocenters. The first-order valence-electron chi connectivity index (χ1n) is 8.08. The Morgan fingerprint density at radius 2 is 1.84 bits per heavy atom. The molecule has 2 aliphatic rings. The van der Waals surface area contributed by atoms with Gasteiger partial charge in [0.1, 0.15) is 17.2 Å². The number of ether oxygens (including phenoxy) is 1. The van der Waals surface area contributed by atoms with Crippen LogP contribution in [0.5, 0.6) is 5.75 Å². The minimum atomic E-state index is -1.14. The summed E-state index contributed by atoms with van der Waals surface area (Å²) in [5.74, 6) is 0.296. The Bertz CT molecular complexity index is 856. The molecule has 128 valence electrons. The van der Waals surface area contributed by atoms with E-state index in [-0.39, 0.29) is 17.3 Å². The van der Waals surface area contributed by atoms with Crippen molar-refractivity contribution in [1.82, 2.24) is 4.90 Å². The van der Waals surface area contributed by atoms with Gasteiger partial charge in [0.2, 0.25) is 5.91 Å².